The van der Waals surface area contributed by atoms with Gasteiger partial charge in [-0.15, -0.1) is 0 Å². The molecule has 1 N–H and O–H groups in total. The van der Waals surface area contributed by atoms with E-state index in [2.05, 4.69) is 10.3 Å². The number of hydrogen-bond acceptors (Lipinski definition) is 5. The predicted molar refractivity (Wildman–Crippen MR) is 119 cm³/mol. The molecule has 3 aromatic carbocycles. The standard InChI is InChI=1S/C22H14ClN3O3S/c23-17-10-6-16(7-11-17)21(27)25-22-24-19(14-8-12-18(13-9-14)26(28)29)20(30-22)15-4-2-1-3-5-15/h1-13H,(H,24,25,27). The Kier molecular flexibility index (Phi) is 5.56. The average Bonchev–Trinajstić information content (AvgIpc) is 3.18. The van der Waals surface area contributed by atoms with E-state index in [4.69, 9.17) is 11.6 Å². The quantitative estimate of drug-likeness (QED) is 0.295. The van der Waals surface area contributed by atoms with E-state index in [1.165, 1.54) is 23.5 Å². The number of benzene rings is 3. The number of halogens is 1. The normalized spacial score (nSPS) is 10.6. The number of nitrogens with one attached hydrogen (secondary N) is 1. The predicted octanol–water partition coefficient (Wildman–Crippen LogP) is 6.29. The molecule has 0 aliphatic carbocycles. The van der Waals surface area contributed by atoms with Crippen LogP contribution < -0.4 is 5.32 Å². The second-order valence-electron chi connectivity index (χ2n) is 6.33. The molecule has 0 radical (unpaired) electrons. The molecule has 0 bridgehead atoms. The summed E-state index contributed by atoms with van der Waals surface area (Å²) in [4.78, 5) is 28.5. The average molecular weight is 436 g/mol. The number of carbonyl (C=O) groups is 1. The summed E-state index contributed by atoms with van der Waals surface area (Å²) < 4.78 is 0. The molecule has 1 amide bonds. The molecule has 1 aromatic heterocycles. The summed E-state index contributed by atoms with van der Waals surface area (Å²) in [6.45, 7) is 0. The van der Waals surface area contributed by atoms with Gasteiger partial charge in [-0.05, 0) is 42.0 Å². The number of nitro groups is 1. The number of aromatic nitrogens is 1. The third-order valence-corrected chi connectivity index (χ3v) is 5.61. The van der Waals surface area contributed by atoms with Crippen LogP contribution in [0.4, 0.5) is 10.8 Å². The second-order valence-corrected chi connectivity index (χ2v) is 7.76. The van der Waals surface area contributed by atoms with E-state index in [0.29, 0.717) is 21.4 Å². The molecule has 148 valence electrons. The van der Waals surface area contributed by atoms with E-state index in [0.717, 1.165) is 16.0 Å². The minimum absolute atomic E-state index is 0.00602. The summed E-state index contributed by atoms with van der Waals surface area (Å²) in [5, 5.41) is 14.8. The van der Waals surface area contributed by atoms with Crippen molar-refractivity contribution in [1.82, 2.24) is 4.98 Å². The Morgan fingerprint density at radius 3 is 2.23 bits per heavy atom. The number of non-ortho nitro benzene ring substituents is 1. The minimum Gasteiger partial charge on any atom is -0.298 e. The van der Waals surface area contributed by atoms with Crippen molar-refractivity contribution in [3.05, 3.63) is 99.6 Å². The van der Waals surface area contributed by atoms with Gasteiger partial charge in [-0.2, -0.15) is 0 Å². The zero-order valence-corrected chi connectivity index (χ0v) is 17.0. The first-order chi connectivity index (χ1) is 14.5. The monoisotopic (exact) mass is 435 g/mol. The maximum atomic E-state index is 12.6. The van der Waals surface area contributed by atoms with E-state index < -0.39 is 4.92 Å². The maximum absolute atomic E-state index is 12.6. The summed E-state index contributed by atoms with van der Waals surface area (Å²) in [5.41, 5.74) is 2.78. The van der Waals surface area contributed by atoms with Gasteiger partial charge in [0.2, 0.25) is 0 Å². The zero-order valence-electron chi connectivity index (χ0n) is 15.4. The first-order valence-electron chi connectivity index (χ1n) is 8.89. The van der Waals surface area contributed by atoms with E-state index in [-0.39, 0.29) is 11.6 Å². The highest BCUT2D eigenvalue weighted by Gasteiger charge is 2.18. The molecule has 6 nitrogen and oxygen atoms in total. The van der Waals surface area contributed by atoms with Gasteiger partial charge in [0.1, 0.15) is 0 Å². The highest BCUT2D eigenvalue weighted by molar-refractivity contribution is 7.19. The van der Waals surface area contributed by atoms with Crippen LogP contribution in [0.5, 0.6) is 0 Å². The van der Waals surface area contributed by atoms with Crippen LogP contribution in [0.1, 0.15) is 10.4 Å². The van der Waals surface area contributed by atoms with Crippen molar-refractivity contribution < 1.29 is 9.72 Å². The number of nitrogens with zero attached hydrogens (tertiary/aromatic N) is 2. The lowest BCUT2D eigenvalue weighted by Crippen LogP contribution is -2.11. The van der Waals surface area contributed by atoms with Gasteiger partial charge >= 0.3 is 0 Å². The van der Waals surface area contributed by atoms with Crippen molar-refractivity contribution in [3.8, 4) is 21.7 Å². The van der Waals surface area contributed by atoms with E-state index in [1.807, 2.05) is 30.3 Å². The molecule has 1 heterocycles. The SMILES string of the molecule is O=C(Nc1nc(-c2ccc([N+](=O)[O-])cc2)c(-c2ccccc2)s1)c1ccc(Cl)cc1. The number of carbonyl (C=O) groups excluding carboxylic acids is 1. The first kappa shape index (κ1) is 19.8. The number of anilines is 1. The van der Waals surface area contributed by atoms with Crippen molar-refractivity contribution in [2.45, 2.75) is 0 Å². The Bertz CT molecular complexity index is 1210. The van der Waals surface area contributed by atoms with Crippen LogP contribution in [0, 0.1) is 10.1 Å². The van der Waals surface area contributed by atoms with Crippen LogP contribution >= 0.6 is 22.9 Å². The fourth-order valence-corrected chi connectivity index (χ4v) is 3.98. The van der Waals surface area contributed by atoms with Crippen LogP contribution in [-0.2, 0) is 0 Å². The second kappa shape index (κ2) is 8.44. The fourth-order valence-electron chi connectivity index (χ4n) is 2.87. The lowest BCUT2D eigenvalue weighted by Gasteiger charge is -2.02. The summed E-state index contributed by atoms with van der Waals surface area (Å²) in [5.74, 6) is -0.296. The van der Waals surface area contributed by atoms with E-state index in [9.17, 15) is 14.9 Å². The number of amides is 1. The van der Waals surface area contributed by atoms with Crippen LogP contribution in [0.3, 0.4) is 0 Å². The third kappa shape index (κ3) is 4.22. The molecule has 8 heteroatoms. The highest BCUT2D eigenvalue weighted by atomic mass is 35.5. The summed E-state index contributed by atoms with van der Waals surface area (Å²) in [6, 6.07) is 22.4. The van der Waals surface area contributed by atoms with E-state index in [1.54, 1.807) is 36.4 Å². The van der Waals surface area contributed by atoms with Crippen LogP contribution in [0.15, 0.2) is 78.9 Å². The van der Waals surface area contributed by atoms with Gasteiger partial charge in [-0.1, -0.05) is 53.3 Å². The van der Waals surface area contributed by atoms with Gasteiger partial charge in [0.05, 0.1) is 15.5 Å². The Morgan fingerprint density at radius 1 is 0.933 bits per heavy atom. The third-order valence-electron chi connectivity index (χ3n) is 4.34. The van der Waals surface area contributed by atoms with Crippen molar-refractivity contribution in [2.75, 3.05) is 5.32 Å². The molecule has 4 rings (SSSR count). The zero-order chi connectivity index (χ0) is 21.1. The molecule has 0 saturated carbocycles. The van der Waals surface area contributed by atoms with Crippen LogP contribution in [0.2, 0.25) is 5.02 Å². The lowest BCUT2D eigenvalue weighted by atomic mass is 10.1. The maximum Gasteiger partial charge on any atom is 0.269 e. The van der Waals surface area contributed by atoms with Crippen molar-refractivity contribution in [2.24, 2.45) is 0 Å². The summed E-state index contributed by atoms with van der Waals surface area (Å²) in [6.07, 6.45) is 0. The number of thiazole rings is 1. The summed E-state index contributed by atoms with van der Waals surface area (Å²) >= 11 is 7.22. The molecule has 0 aliphatic rings. The Balaban J connectivity index is 1.71. The lowest BCUT2D eigenvalue weighted by molar-refractivity contribution is -0.384. The molecule has 30 heavy (non-hydrogen) atoms. The molecule has 4 aromatic rings. The molecular weight excluding hydrogens is 422 g/mol. The van der Waals surface area contributed by atoms with Gasteiger partial charge in [-0.25, -0.2) is 4.98 Å². The molecule has 0 saturated heterocycles. The minimum atomic E-state index is -0.444. The Labute approximate surface area is 180 Å². The van der Waals surface area contributed by atoms with Gasteiger partial charge < -0.3 is 0 Å². The Morgan fingerprint density at radius 2 is 1.60 bits per heavy atom. The number of nitro benzene ring substituents is 1. The van der Waals surface area contributed by atoms with Gasteiger partial charge in [0.15, 0.2) is 5.13 Å². The van der Waals surface area contributed by atoms with Crippen LogP contribution in [-0.4, -0.2) is 15.8 Å². The van der Waals surface area contributed by atoms with Gasteiger partial charge in [0, 0.05) is 28.3 Å². The molecular formula is C22H14ClN3O3S. The Hall–Kier alpha value is -3.55. The van der Waals surface area contributed by atoms with E-state index >= 15 is 0 Å². The van der Waals surface area contributed by atoms with Gasteiger partial charge in [-0.3, -0.25) is 20.2 Å². The first-order valence-corrected chi connectivity index (χ1v) is 10.1. The topological polar surface area (TPSA) is 85.1 Å². The smallest absolute Gasteiger partial charge is 0.269 e. The molecule has 0 unspecified atom stereocenters. The molecule has 0 fully saturated rings. The van der Waals surface area contributed by atoms with Crippen molar-refractivity contribution >= 4 is 39.7 Å². The molecule has 0 atom stereocenters. The van der Waals surface area contributed by atoms with Gasteiger partial charge in [0.25, 0.3) is 11.6 Å². The number of hydrogen-bond donors (Lipinski definition) is 1. The molecule has 0 aliphatic heterocycles. The fraction of sp³-hybridized carbons (Fsp3) is 0. The number of rotatable bonds is 5. The van der Waals surface area contributed by atoms with Crippen molar-refractivity contribution in [1.29, 1.82) is 0 Å². The van der Waals surface area contributed by atoms with Crippen LogP contribution in [0.25, 0.3) is 21.7 Å². The molecule has 0 spiro atoms. The summed E-state index contributed by atoms with van der Waals surface area (Å²) in [7, 11) is 0. The highest BCUT2D eigenvalue weighted by Crippen LogP contribution is 2.39. The largest absolute Gasteiger partial charge is 0.298 e. The van der Waals surface area contributed by atoms with Crippen molar-refractivity contribution in [3.63, 3.8) is 0 Å².